The molecule has 0 radical (unpaired) electrons. The number of likely N-dealkylation sites (tertiary alicyclic amines) is 1. The number of carbonyl (C=O) groups is 2. The fourth-order valence-corrected chi connectivity index (χ4v) is 2.59. The molecule has 0 aromatic rings. The smallest absolute Gasteiger partial charge is 0.328 e. The van der Waals surface area contributed by atoms with Crippen LogP contribution in [0.3, 0.4) is 0 Å². The quantitative estimate of drug-likeness (QED) is 0.414. The van der Waals surface area contributed by atoms with E-state index in [0.29, 0.717) is 31.7 Å². The molecule has 2 aliphatic rings. The van der Waals surface area contributed by atoms with Crippen molar-refractivity contribution in [2.75, 3.05) is 26.2 Å². The topological polar surface area (TPSA) is 66.7 Å². The molecule has 21 heavy (non-hydrogen) atoms. The van der Waals surface area contributed by atoms with Crippen LogP contribution in [0.25, 0.3) is 0 Å². The zero-order valence-corrected chi connectivity index (χ0v) is 12.1. The van der Waals surface area contributed by atoms with Crippen LogP contribution in [0, 0.1) is 0 Å². The van der Waals surface area contributed by atoms with Gasteiger partial charge < -0.3 is 9.64 Å². The first-order valence-corrected chi connectivity index (χ1v) is 7.11. The third-order valence-corrected chi connectivity index (χ3v) is 3.57. The van der Waals surface area contributed by atoms with Crippen LogP contribution in [0.1, 0.15) is 19.8 Å². The van der Waals surface area contributed by atoms with E-state index in [-0.39, 0.29) is 18.4 Å². The van der Waals surface area contributed by atoms with Gasteiger partial charge in [-0.3, -0.25) is 4.79 Å². The summed E-state index contributed by atoms with van der Waals surface area (Å²) in [5, 5.41) is 0. The van der Waals surface area contributed by atoms with Crippen LogP contribution in [0.5, 0.6) is 0 Å². The Morgan fingerprint density at radius 2 is 2.33 bits per heavy atom. The van der Waals surface area contributed by atoms with Crippen molar-refractivity contribution >= 4 is 24.0 Å². The number of amides is 1. The van der Waals surface area contributed by atoms with E-state index in [4.69, 9.17) is 4.74 Å². The van der Waals surface area contributed by atoms with Crippen molar-refractivity contribution in [1.29, 1.82) is 0 Å². The van der Waals surface area contributed by atoms with Gasteiger partial charge in [-0.1, -0.05) is 0 Å². The normalized spacial score (nSPS) is 21.0. The van der Waals surface area contributed by atoms with Crippen LogP contribution in [-0.4, -0.2) is 65.8 Å². The van der Waals surface area contributed by atoms with Crippen LogP contribution in [-0.2, 0) is 19.1 Å². The number of hydrogen-bond acceptors (Lipinski definition) is 4. The van der Waals surface area contributed by atoms with Crippen molar-refractivity contribution in [3.05, 3.63) is 17.7 Å². The third kappa shape index (κ3) is 3.67. The molecule has 1 amide bonds. The average Bonchev–Trinajstić information content (AvgIpc) is 2.97. The second-order valence-corrected chi connectivity index (χ2v) is 5.04. The molecule has 1 unspecified atom stereocenters. The summed E-state index contributed by atoms with van der Waals surface area (Å²) in [7, 11) is 0. The standard InChI is InChI=1S/C15H19N2O4/c1-2-21-15(20)13-6-4-8-17(13)14(19)10-16-7-3-5-12(9-16)11-18/h3,5,7,13H,2,4,6,8-10H2,1H3/q+1. The second-order valence-electron chi connectivity index (χ2n) is 5.04. The van der Waals surface area contributed by atoms with Crippen molar-refractivity contribution in [2.45, 2.75) is 25.8 Å². The molecule has 1 fully saturated rings. The summed E-state index contributed by atoms with van der Waals surface area (Å²) < 4.78 is 6.75. The van der Waals surface area contributed by atoms with E-state index in [0.717, 1.165) is 6.42 Å². The lowest BCUT2D eigenvalue weighted by Crippen LogP contribution is -2.45. The lowest BCUT2D eigenvalue weighted by Gasteiger charge is -2.22. The molecule has 112 valence electrons. The Hall–Kier alpha value is -2.20. The lowest BCUT2D eigenvalue weighted by atomic mass is 10.2. The minimum atomic E-state index is -0.473. The van der Waals surface area contributed by atoms with Crippen LogP contribution in [0.4, 0.5) is 0 Å². The SMILES string of the molecule is CCOC(=O)C1CCCN1C(=O)C[N+]1=CC=CC(=C=O)C1. The number of hydrogen-bond donors (Lipinski definition) is 0. The Labute approximate surface area is 123 Å². The molecule has 2 aliphatic heterocycles. The maximum atomic E-state index is 12.4. The molecule has 0 aromatic carbocycles. The Balaban J connectivity index is 1.99. The van der Waals surface area contributed by atoms with Crippen molar-refractivity contribution in [1.82, 2.24) is 4.90 Å². The van der Waals surface area contributed by atoms with Gasteiger partial charge in [0.25, 0.3) is 5.91 Å². The zero-order valence-electron chi connectivity index (χ0n) is 12.1. The highest BCUT2D eigenvalue weighted by molar-refractivity contribution is 5.86. The van der Waals surface area contributed by atoms with Gasteiger partial charge in [-0.15, -0.1) is 0 Å². The number of ether oxygens (including phenoxy) is 1. The van der Waals surface area contributed by atoms with Gasteiger partial charge in [0, 0.05) is 12.6 Å². The predicted octanol–water partition coefficient (Wildman–Crippen LogP) is -0.0484. The molecule has 0 aliphatic carbocycles. The first-order chi connectivity index (χ1) is 10.2. The van der Waals surface area contributed by atoms with Gasteiger partial charge in [0.1, 0.15) is 17.6 Å². The third-order valence-electron chi connectivity index (χ3n) is 3.57. The second kappa shape index (κ2) is 6.99. The molecule has 0 saturated carbocycles. The van der Waals surface area contributed by atoms with Gasteiger partial charge in [-0.2, -0.15) is 0 Å². The van der Waals surface area contributed by atoms with Gasteiger partial charge in [0.05, 0.1) is 6.61 Å². The van der Waals surface area contributed by atoms with Crippen molar-refractivity contribution in [2.24, 2.45) is 0 Å². The molecule has 2 rings (SSSR count). The van der Waals surface area contributed by atoms with E-state index < -0.39 is 6.04 Å². The minimum absolute atomic E-state index is 0.123. The molecular formula is C15H19N2O4+. The Kier molecular flexibility index (Phi) is 5.06. The van der Waals surface area contributed by atoms with Crippen molar-refractivity contribution in [3.8, 4) is 0 Å². The molecule has 0 aromatic heterocycles. The monoisotopic (exact) mass is 291 g/mol. The average molecular weight is 291 g/mol. The van der Waals surface area contributed by atoms with Crippen LogP contribution < -0.4 is 0 Å². The predicted molar refractivity (Wildman–Crippen MR) is 75.8 cm³/mol. The largest absolute Gasteiger partial charge is 0.464 e. The molecule has 1 atom stereocenters. The maximum absolute atomic E-state index is 12.4. The molecular weight excluding hydrogens is 272 g/mol. The van der Waals surface area contributed by atoms with E-state index >= 15 is 0 Å². The summed E-state index contributed by atoms with van der Waals surface area (Å²) in [6.45, 7) is 3.15. The summed E-state index contributed by atoms with van der Waals surface area (Å²) in [6, 6.07) is -0.473. The van der Waals surface area contributed by atoms with Gasteiger partial charge >= 0.3 is 5.97 Å². The number of allylic oxidation sites excluding steroid dienone is 1. The molecule has 6 heteroatoms. The first-order valence-electron chi connectivity index (χ1n) is 7.11. The van der Waals surface area contributed by atoms with E-state index in [9.17, 15) is 14.4 Å². The maximum Gasteiger partial charge on any atom is 0.328 e. The molecule has 1 saturated heterocycles. The number of esters is 1. The highest BCUT2D eigenvalue weighted by atomic mass is 16.5. The van der Waals surface area contributed by atoms with Crippen molar-refractivity contribution < 1.29 is 23.7 Å². The van der Waals surface area contributed by atoms with E-state index in [1.54, 1.807) is 34.8 Å². The zero-order chi connectivity index (χ0) is 15.2. The fraction of sp³-hybridized carbons (Fsp3) is 0.533. The summed E-state index contributed by atoms with van der Waals surface area (Å²) in [6.07, 6.45) is 6.59. The van der Waals surface area contributed by atoms with Crippen molar-refractivity contribution in [3.63, 3.8) is 0 Å². The van der Waals surface area contributed by atoms with Crippen LogP contribution in [0.2, 0.25) is 0 Å². The van der Waals surface area contributed by atoms with E-state index in [2.05, 4.69) is 0 Å². The lowest BCUT2D eigenvalue weighted by molar-refractivity contribution is -0.504. The number of nitrogens with zero attached hydrogens (tertiary/aromatic N) is 2. The Morgan fingerprint density at radius 3 is 3.05 bits per heavy atom. The van der Waals surface area contributed by atoms with Crippen LogP contribution >= 0.6 is 0 Å². The molecule has 0 bridgehead atoms. The van der Waals surface area contributed by atoms with E-state index in [1.165, 1.54) is 0 Å². The van der Waals surface area contributed by atoms with Gasteiger partial charge in [0.2, 0.25) is 6.54 Å². The molecule has 0 spiro atoms. The fourth-order valence-electron chi connectivity index (χ4n) is 2.59. The summed E-state index contributed by atoms with van der Waals surface area (Å²) in [5.41, 5.74) is 0.508. The number of rotatable bonds is 4. The van der Waals surface area contributed by atoms with Gasteiger partial charge in [-0.25, -0.2) is 14.2 Å². The van der Waals surface area contributed by atoms with Gasteiger partial charge in [-0.05, 0) is 25.8 Å². The summed E-state index contributed by atoms with van der Waals surface area (Å²) >= 11 is 0. The summed E-state index contributed by atoms with van der Waals surface area (Å²) in [5.74, 6) is 1.38. The van der Waals surface area contributed by atoms with E-state index in [1.807, 2.05) is 5.94 Å². The first kappa shape index (κ1) is 15.2. The molecule has 2 heterocycles. The number of carbonyl (C=O) groups excluding carboxylic acids is 3. The Bertz CT molecular complexity index is 544. The minimum Gasteiger partial charge on any atom is -0.464 e. The summed E-state index contributed by atoms with van der Waals surface area (Å²) in [4.78, 5) is 36.4. The van der Waals surface area contributed by atoms with Gasteiger partial charge in [0.15, 0.2) is 12.8 Å². The van der Waals surface area contributed by atoms with Crippen LogP contribution in [0.15, 0.2) is 17.7 Å². The molecule has 6 nitrogen and oxygen atoms in total. The highest BCUT2D eigenvalue weighted by Crippen LogP contribution is 2.18. The Morgan fingerprint density at radius 1 is 1.52 bits per heavy atom. The highest BCUT2D eigenvalue weighted by Gasteiger charge is 2.36. The molecule has 0 N–H and O–H groups in total.